The van der Waals surface area contributed by atoms with Crippen LogP contribution in [-0.2, 0) is 14.3 Å². The lowest BCUT2D eigenvalue weighted by atomic mass is 9.75. The molecule has 1 aromatic rings. The maximum Gasteiger partial charge on any atom is 0.329 e. The normalized spacial score (nSPS) is 19.4. The van der Waals surface area contributed by atoms with Crippen molar-refractivity contribution in [1.29, 1.82) is 0 Å². The molecule has 2 atom stereocenters. The Morgan fingerprint density at radius 3 is 2.31 bits per heavy atom. The van der Waals surface area contributed by atoms with Crippen molar-refractivity contribution in [1.82, 2.24) is 4.90 Å². The summed E-state index contributed by atoms with van der Waals surface area (Å²) in [6.07, 6.45) is 10.9. The first-order valence-corrected chi connectivity index (χ1v) is 12.6. The van der Waals surface area contributed by atoms with E-state index in [1.807, 2.05) is 12.1 Å². The van der Waals surface area contributed by atoms with Crippen LogP contribution in [-0.4, -0.2) is 56.8 Å². The lowest BCUT2D eigenvalue weighted by Gasteiger charge is -2.39. The number of rotatable bonds is 11. The van der Waals surface area contributed by atoms with Crippen molar-refractivity contribution in [2.75, 3.05) is 34.0 Å². The van der Waals surface area contributed by atoms with Gasteiger partial charge in [0, 0.05) is 6.54 Å². The molecular weight excluding hydrogens is 446 g/mol. The maximum atomic E-state index is 14.2. The van der Waals surface area contributed by atoms with E-state index in [0.717, 1.165) is 44.1 Å². The van der Waals surface area contributed by atoms with Gasteiger partial charge in [0.05, 0.1) is 20.1 Å². The van der Waals surface area contributed by atoms with Crippen LogP contribution >= 0.6 is 0 Å². The van der Waals surface area contributed by atoms with Crippen LogP contribution in [0, 0.1) is 5.92 Å². The SMILES string of the molecule is C=CCOC(=O)[C@@H]1CCCCN1C(=O)[C@H](c1cc(OC)c(OC)c(OCC=C)c1)C1CCCCC1. The third-order valence-corrected chi connectivity index (χ3v) is 6.97. The highest BCUT2D eigenvalue weighted by molar-refractivity contribution is 5.89. The molecule has 7 heteroatoms. The number of likely N-dealkylation sites (tertiary alicyclic amines) is 1. The second-order valence-corrected chi connectivity index (χ2v) is 9.19. The lowest BCUT2D eigenvalue weighted by Crippen LogP contribution is -2.51. The number of esters is 1. The molecule has 1 amide bonds. The first-order valence-electron chi connectivity index (χ1n) is 12.6. The number of hydrogen-bond acceptors (Lipinski definition) is 6. The van der Waals surface area contributed by atoms with Crippen LogP contribution in [0.4, 0.5) is 0 Å². The molecule has 1 saturated carbocycles. The first-order chi connectivity index (χ1) is 17.0. The number of carbonyl (C=O) groups is 2. The maximum absolute atomic E-state index is 14.2. The number of methoxy groups -OCH3 is 2. The molecule has 0 radical (unpaired) electrons. The van der Waals surface area contributed by atoms with E-state index in [2.05, 4.69) is 13.2 Å². The van der Waals surface area contributed by atoms with Crippen molar-refractivity contribution in [2.24, 2.45) is 5.92 Å². The predicted octanol–water partition coefficient (Wildman–Crippen LogP) is 5.04. The van der Waals surface area contributed by atoms with E-state index in [1.165, 1.54) is 6.42 Å². The van der Waals surface area contributed by atoms with Crippen molar-refractivity contribution in [3.63, 3.8) is 0 Å². The summed E-state index contributed by atoms with van der Waals surface area (Å²) in [5.74, 6) is 0.884. The van der Waals surface area contributed by atoms with Crippen LogP contribution in [0.15, 0.2) is 37.4 Å². The van der Waals surface area contributed by atoms with Gasteiger partial charge in [-0.15, -0.1) is 0 Å². The molecule has 0 spiro atoms. The first kappa shape index (κ1) is 26.6. The largest absolute Gasteiger partial charge is 0.493 e. The predicted molar refractivity (Wildman–Crippen MR) is 135 cm³/mol. The molecule has 0 unspecified atom stereocenters. The smallest absolute Gasteiger partial charge is 0.329 e. The Hall–Kier alpha value is -2.96. The number of benzene rings is 1. The quantitative estimate of drug-likeness (QED) is 0.323. The Balaban J connectivity index is 2.03. The number of ether oxygens (including phenoxy) is 4. The fraction of sp³-hybridized carbons (Fsp3) is 0.571. The van der Waals surface area contributed by atoms with Gasteiger partial charge in [-0.05, 0) is 55.7 Å². The van der Waals surface area contributed by atoms with Crippen molar-refractivity contribution in [3.05, 3.63) is 43.0 Å². The van der Waals surface area contributed by atoms with Crippen LogP contribution in [0.1, 0.15) is 62.8 Å². The summed E-state index contributed by atoms with van der Waals surface area (Å²) in [4.78, 5) is 28.8. The number of hydrogen-bond donors (Lipinski definition) is 0. The summed E-state index contributed by atoms with van der Waals surface area (Å²) in [5.41, 5.74) is 0.822. The molecule has 192 valence electrons. The Morgan fingerprint density at radius 2 is 1.66 bits per heavy atom. The van der Waals surface area contributed by atoms with Gasteiger partial charge < -0.3 is 23.8 Å². The van der Waals surface area contributed by atoms with E-state index in [-0.39, 0.29) is 24.4 Å². The molecule has 1 aliphatic carbocycles. The highest BCUT2D eigenvalue weighted by Crippen LogP contribution is 2.45. The monoisotopic (exact) mass is 485 g/mol. The van der Waals surface area contributed by atoms with Gasteiger partial charge in [0.2, 0.25) is 11.7 Å². The van der Waals surface area contributed by atoms with Gasteiger partial charge in [-0.2, -0.15) is 0 Å². The van der Waals surface area contributed by atoms with Crippen molar-refractivity contribution in [2.45, 2.75) is 63.3 Å². The van der Waals surface area contributed by atoms with Gasteiger partial charge in [-0.3, -0.25) is 4.79 Å². The average Bonchev–Trinajstić information content (AvgIpc) is 2.90. The molecule has 0 bridgehead atoms. The fourth-order valence-electron chi connectivity index (χ4n) is 5.33. The molecule has 1 aliphatic heterocycles. The summed E-state index contributed by atoms with van der Waals surface area (Å²) in [6.45, 7) is 8.34. The third kappa shape index (κ3) is 6.38. The zero-order chi connectivity index (χ0) is 25.2. The molecule has 2 aliphatic rings. The minimum atomic E-state index is -0.570. The van der Waals surface area contributed by atoms with Crippen LogP contribution in [0.2, 0.25) is 0 Å². The minimum absolute atomic E-state index is 0.0287. The van der Waals surface area contributed by atoms with Crippen LogP contribution < -0.4 is 14.2 Å². The molecular formula is C28H39NO6. The Morgan fingerprint density at radius 1 is 0.971 bits per heavy atom. The van der Waals surface area contributed by atoms with E-state index < -0.39 is 12.0 Å². The highest BCUT2D eigenvalue weighted by atomic mass is 16.5. The number of carbonyl (C=O) groups excluding carboxylic acids is 2. The van der Waals surface area contributed by atoms with Crippen molar-refractivity contribution >= 4 is 11.9 Å². The van der Waals surface area contributed by atoms with Gasteiger partial charge in [0.1, 0.15) is 19.3 Å². The zero-order valence-electron chi connectivity index (χ0n) is 21.1. The van der Waals surface area contributed by atoms with E-state index in [4.69, 9.17) is 18.9 Å². The van der Waals surface area contributed by atoms with Gasteiger partial charge in [-0.25, -0.2) is 4.79 Å². The van der Waals surface area contributed by atoms with Gasteiger partial charge in [0.25, 0.3) is 0 Å². The average molecular weight is 486 g/mol. The number of nitrogens with zero attached hydrogens (tertiary/aromatic N) is 1. The Kier molecular flexibility index (Phi) is 10.1. The highest BCUT2D eigenvalue weighted by Gasteiger charge is 2.40. The van der Waals surface area contributed by atoms with E-state index in [1.54, 1.807) is 31.3 Å². The summed E-state index contributed by atoms with van der Waals surface area (Å²) in [7, 11) is 3.14. The van der Waals surface area contributed by atoms with Crippen LogP contribution in [0.5, 0.6) is 17.2 Å². The van der Waals surface area contributed by atoms with Crippen molar-refractivity contribution < 1.29 is 28.5 Å². The number of piperidine rings is 1. The molecule has 7 nitrogen and oxygen atoms in total. The molecule has 0 aromatic heterocycles. The topological polar surface area (TPSA) is 74.3 Å². The van der Waals surface area contributed by atoms with Gasteiger partial charge in [-0.1, -0.05) is 44.6 Å². The third-order valence-electron chi connectivity index (χ3n) is 6.97. The summed E-state index contributed by atoms with van der Waals surface area (Å²) in [6, 6.07) is 3.20. The molecule has 2 fully saturated rings. The summed E-state index contributed by atoms with van der Waals surface area (Å²) in [5, 5.41) is 0. The van der Waals surface area contributed by atoms with Gasteiger partial charge in [0.15, 0.2) is 11.5 Å². The second kappa shape index (κ2) is 13.2. The molecule has 1 aromatic carbocycles. The minimum Gasteiger partial charge on any atom is -0.493 e. The Bertz CT molecular complexity index is 892. The molecule has 35 heavy (non-hydrogen) atoms. The van der Waals surface area contributed by atoms with E-state index in [9.17, 15) is 9.59 Å². The second-order valence-electron chi connectivity index (χ2n) is 9.19. The van der Waals surface area contributed by atoms with E-state index in [0.29, 0.717) is 36.8 Å². The fourth-order valence-corrected chi connectivity index (χ4v) is 5.33. The Labute approximate surface area is 209 Å². The van der Waals surface area contributed by atoms with Crippen molar-refractivity contribution in [3.8, 4) is 17.2 Å². The lowest BCUT2D eigenvalue weighted by molar-refractivity contribution is -0.157. The zero-order valence-corrected chi connectivity index (χ0v) is 21.1. The molecule has 3 rings (SSSR count). The van der Waals surface area contributed by atoms with Crippen LogP contribution in [0.3, 0.4) is 0 Å². The molecule has 1 saturated heterocycles. The molecule has 0 N–H and O–H groups in total. The standard InChI is InChI=1S/C28H39NO6/c1-5-16-34-24-19-21(18-23(32-3)26(24)33-4)25(20-12-8-7-9-13-20)27(30)29-15-11-10-14-22(29)28(31)35-17-6-2/h5-6,18-20,22,25H,1-2,7-17H2,3-4H3/t22-,25-/m0/s1. The summed E-state index contributed by atoms with van der Waals surface area (Å²) >= 11 is 0. The van der Waals surface area contributed by atoms with Gasteiger partial charge >= 0.3 is 5.97 Å². The summed E-state index contributed by atoms with van der Waals surface area (Å²) < 4.78 is 22.4. The van der Waals surface area contributed by atoms with E-state index >= 15 is 0 Å². The number of amides is 1. The van der Waals surface area contributed by atoms with Crippen LogP contribution in [0.25, 0.3) is 0 Å². The molecule has 1 heterocycles.